The van der Waals surface area contributed by atoms with Crippen molar-refractivity contribution in [1.82, 2.24) is 5.32 Å². The van der Waals surface area contributed by atoms with E-state index in [1.54, 1.807) is 0 Å². The Kier molecular flexibility index (Phi) is 8.08. The summed E-state index contributed by atoms with van der Waals surface area (Å²) in [6.07, 6.45) is 4.26. The van der Waals surface area contributed by atoms with Crippen LogP contribution >= 0.6 is 0 Å². The predicted molar refractivity (Wildman–Crippen MR) is 109 cm³/mol. The summed E-state index contributed by atoms with van der Waals surface area (Å²) in [6, 6.07) is 20.1. The number of benzene rings is 2. The zero-order valence-corrected chi connectivity index (χ0v) is 16.4. The van der Waals surface area contributed by atoms with Crippen molar-refractivity contribution in [2.75, 3.05) is 6.54 Å². The van der Waals surface area contributed by atoms with E-state index in [1.165, 1.54) is 0 Å². The topological polar surface area (TPSA) is 47.6 Å². The van der Waals surface area contributed by atoms with E-state index in [1.807, 2.05) is 69.3 Å². The number of amides is 1. The van der Waals surface area contributed by atoms with E-state index in [0.29, 0.717) is 19.6 Å². The Bertz CT molecular complexity index is 705. The van der Waals surface area contributed by atoms with Crippen molar-refractivity contribution in [1.29, 1.82) is 0 Å². The molecule has 1 amide bonds. The first kappa shape index (κ1) is 20.7. The Labute approximate surface area is 162 Å². The maximum Gasteiger partial charge on any atom is 0.407 e. The molecule has 0 spiro atoms. The summed E-state index contributed by atoms with van der Waals surface area (Å²) in [6.45, 7) is 6.43. The molecule has 0 bridgehead atoms. The first-order chi connectivity index (χ1) is 12.9. The molecule has 144 valence electrons. The normalized spacial score (nSPS) is 12.7. The van der Waals surface area contributed by atoms with Crippen molar-refractivity contribution in [3.63, 3.8) is 0 Å². The van der Waals surface area contributed by atoms with Crippen LogP contribution < -0.4 is 5.32 Å². The summed E-state index contributed by atoms with van der Waals surface area (Å²) in [7, 11) is 0. The lowest BCUT2D eigenvalue weighted by Crippen LogP contribution is -2.37. The van der Waals surface area contributed by atoms with Crippen LogP contribution in [0.2, 0.25) is 0 Å². The summed E-state index contributed by atoms with van der Waals surface area (Å²) >= 11 is 0. The molecule has 0 aromatic heterocycles. The fraction of sp³-hybridized carbons (Fsp3) is 0.348. The smallest absolute Gasteiger partial charge is 0.407 e. The number of carbonyl (C=O) groups is 1. The van der Waals surface area contributed by atoms with Crippen LogP contribution in [0.1, 0.15) is 38.3 Å². The van der Waals surface area contributed by atoms with E-state index < -0.39 is 11.7 Å². The molecule has 0 aliphatic heterocycles. The van der Waals surface area contributed by atoms with Gasteiger partial charge in [-0.25, -0.2) is 4.79 Å². The van der Waals surface area contributed by atoms with Crippen LogP contribution in [0, 0.1) is 0 Å². The monoisotopic (exact) mass is 367 g/mol. The van der Waals surface area contributed by atoms with Gasteiger partial charge in [0.05, 0.1) is 12.7 Å². The number of hydrogen-bond acceptors (Lipinski definition) is 3. The van der Waals surface area contributed by atoms with Gasteiger partial charge in [-0.05, 0) is 38.3 Å². The van der Waals surface area contributed by atoms with Gasteiger partial charge in [-0.15, -0.1) is 0 Å². The van der Waals surface area contributed by atoms with Crippen LogP contribution in [0.4, 0.5) is 4.79 Å². The third-order valence-corrected chi connectivity index (χ3v) is 3.71. The van der Waals surface area contributed by atoms with Crippen LogP contribution in [0.25, 0.3) is 6.08 Å². The Hall–Kier alpha value is -2.59. The van der Waals surface area contributed by atoms with Crippen molar-refractivity contribution in [2.24, 2.45) is 0 Å². The van der Waals surface area contributed by atoms with Crippen LogP contribution in [-0.2, 0) is 16.1 Å². The van der Waals surface area contributed by atoms with Crippen LogP contribution in [-0.4, -0.2) is 24.3 Å². The third-order valence-electron chi connectivity index (χ3n) is 3.71. The van der Waals surface area contributed by atoms with Crippen LogP contribution in [0.15, 0.2) is 66.7 Å². The number of nitrogens with one attached hydrogen (secondary N) is 1. The second-order valence-electron chi connectivity index (χ2n) is 7.35. The largest absolute Gasteiger partial charge is 0.444 e. The van der Waals surface area contributed by atoms with Gasteiger partial charge in [-0.2, -0.15) is 0 Å². The van der Waals surface area contributed by atoms with Gasteiger partial charge in [0.2, 0.25) is 0 Å². The lowest BCUT2D eigenvalue weighted by atomic mass is 10.1. The van der Waals surface area contributed by atoms with Crippen molar-refractivity contribution in [3.8, 4) is 0 Å². The quantitative estimate of drug-likeness (QED) is 0.697. The SMILES string of the molecule is CC(C)(C)OC(=O)NC[C@@H](C/C=C/c1ccccc1)OCc1ccccc1. The fourth-order valence-corrected chi connectivity index (χ4v) is 2.43. The zero-order chi connectivity index (χ0) is 19.5. The second kappa shape index (κ2) is 10.5. The summed E-state index contributed by atoms with van der Waals surface area (Å²) in [5.41, 5.74) is 1.73. The lowest BCUT2D eigenvalue weighted by molar-refractivity contribution is 0.0294. The minimum Gasteiger partial charge on any atom is -0.444 e. The van der Waals surface area contributed by atoms with Crippen molar-refractivity contribution < 1.29 is 14.3 Å². The third kappa shape index (κ3) is 9.06. The Balaban J connectivity index is 1.90. The minimum atomic E-state index is -0.516. The molecule has 2 aromatic rings. The molecule has 27 heavy (non-hydrogen) atoms. The molecule has 1 N–H and O–H groups in total. The first-order valence-electron chi connectivity index (χ1n) is 9.26. The van der Waals surface area contributed by atoms with Gasteiger partial charge in [0.25, 0.3) is 0 Å². The van der Waals surface area contributed by atoms with E-state index in [2.05, 4.69) is 29.6 Å². The van der Waals surface area contributed by atoms with E-state index in [0.717, 1.165) is 11.1 Å². The molecular formula is C23H29NO3. The molecule has 0 fully saturated rings. The van der Waals surface area contributed by atoms with Gasteiger partial charge in [0.15, 0.2) is 0 Å². The molecule has 0 radical (unpaired) electrons. The average molecular weight is 367 g/mol. The second-order valence-corrected chi connectivity index (χ2v) is 7.35. The average Bonchev–Trinajstić information content (AvgIpc) is 2.64. The first-order valence-corrected chi connectivity index (χ1v) is 9.26. The number of hydrogen-bond donors (Lipinski definition) is 1. The Morgan fingerprint density at radius 1 is 1.04 bits per heavy atom. The molecule has 0 aliphatic rings. The van der Waals surface area contributed by atoms with Gasteiger partial charge in [0, 0.05) is 6.54 Å². The van der Waals surface area contributed by atoms with E-state index in [9.17, 15) is 4.79 Å². The molecular weight excluding hydrogens is 338 g/mol. The number of carbonyl (C=O) groups excluding carboxylic acids is 1. The zero-order valence-electron chi connectivity index (χ0n) is 16.4. The molecule has 0 aliphatic carbocycles. The number of ether oxygens (including phenoxy) is 2. The molecule has 0 saturated heterocycles. The fourth-order valence-electron chi connectivity index (χ4n) is 2.43. The summed E-state index contributed by atoms with van der Waals surface area (Å²) in [4.78, 5) is 11.9. The lowest BCUT2D eigenvalue weighted by Gasteiger charge is -2.22. The van der Waals surface area contributed by atoms with Gasteiger partial charge in [-0.3, -0.25) is 0 Å². The molecule has 4 nitrogen and oxygen atoms in total. The standard InChI is InChI=1S/C23H29NO3/c1-23(2,3)27-22(25)24-17-21(26-18-20-13-8-5-9-14-20)16-10-15-19-11-6-4-7-12-19/h4-15,21H,16-18H2,1-3H3,(H,24,25)/b15-10+/t21-/m1/s1. The maximum absolute atomic E-state index is 11.9. The van der Waals surface area contributed by atoms with Crippen molar-refractivity contribution in [2.45, 2.75) is 45.5 Å². The summed E-state index contributed by atoms with van der Waals surface area (Å²) in [5, 5.41) is 2.80. The van der Waals surface area contributed by atoms with Crippen LogP contribution in [0.3, 0.4) is 0 Å². The molecule has 2 rings (SSSR count). The van der Waals surface area contributed by atoms with Gasteiger partial charge in [0.1, 0.15) is 5.60 Å². The number of alkyl carbamates (subject to hydrolysis) is 1. The van der Waals surface area contributed by atoms with Gasteiger partial charge >= 0.3 is 6.09 Å². The highest BCUT2D eigenvalue weighted by atomic mass is 16.6. The van der Waals surface area contributed by atoms with Crippen LogP contribution in [0.5, 0.6) is 0 Å². The summed E-state index contributed by atoms with van der Waals surface area (Å²) in [5.74, 6) is 0. The van der Waals surface area contributed by atoms with Crippen molar-refractivity contribution in [3.05, 3.63) is 77.9 Å². The molecule has 2 aromatic carbocycles. The highest BCUT2D eigenvalue weighted by Gasteiger charge is 2.17. The van der Waals surface area contributed by atoms with Gasteiger partial charge in [-0.1, -0.05) is 72.8 Å². The van der Waals surface area contributed by atoms with E-state index >= 15 is 0 Å². The van der Waals surface area contributed by atoms with E-state index in [4.69, 9.17) is 9.47 Å². The Morgan fingerprint density at radius 2 is 1.67 bits per heavy atom. The van der Waals surface area contributed by atoms with Gasteiger partial charge < -0.3 is 14.8 Å². The highest BCUT2D eigenvalue weighted by molar-refractivity contribution is 5.67. The minimum absolute atomic E-state index is 0.141. The molecule has 0 unspecified atom stereocenters. The number of rotatable bonds is 8. The summed E-state index contributed by atoms with van der Waals surface area (Å²) < 4.78 is 11.3. The molecule has 0 saturated carbocycles. The molecule has 0 heterocycles. The molecule has 1 atom stereocenters. The molecule has 4 heteroatoms. The highest BCUT2D eigenvalue weighted by Crippen LogP contribution is 2.10. The maximum atomic E-state index is 11.9. The van der Waals surface area contributed by atoms with E-state index in [-0.39, 0.29) is 6.10 Å². The Morgan fingerprint density at radius 3 is 2.30 bits per heavy atom. The predicted octanol–water partition coefficient (Wildman–Crippen LogP) is 5.20. The van der Waals surface area contributed by atoms with Crippen molar-refractivity contribution >= 4 is 12.2 Å².